The maximum absolute atomic E-state index is 11.8. The number of carbonyl (C=O) groups excluding carboxylic acids is 1. The van der Waals surface area contributed by atoms with Crippen LogP contribution < -0.4 is 5.73 Å². The maximum Gasteiger partial charge on any atom is 0.338 e. The summed E-state index contributed by atoms with van der Waals surface area (Å²) in [7, 11) is 0. The highest BCUT2D eigenvalue weighted by atomic mass is 79.9. The lowest BCUT2D eigenvalue weighted by atomic mass is 10.1. The van der Waals surface area contributed by atoms with Gasteiger partial charge in [-0.3, -0.25) is 0 Å². The predicted molar refractivity (Wildman–Crippen MR) is 77.6 cm³/mol. The van der Waals surface area contributed by atoms with Gasteiger partial charge >= 0.3 is 5.97 Å². The molecule has 0 heterocycles. The average Bonchev–Trinajstić information content (AvgIpc) is 2.46. The van der Waals surface area contributed by atoms with Gasteiger partial charge in [0.2, 0.25) is 0 Å². The SMILES string of the molecule is NCc1ccc(C(=O)OCc2ccc(Br)cc2)cc1. The summed E-state index contributed by atoms with van der Waals surface area (Å²) in [4.78, 5) is 11.8. The predicted octanol–water partition coefficient (Wildman–Crippen LogP) is 3.26. The topological polar surface area (TPSA) is 52.3 Å². The minimum atomic E-state index is -0.327. The average molecular weight is 320 g/mol. The molecule has 0 aliphatic carbocycles. The summed E-state index contributed by atoms with van der Waals surface area (Å²) in [5, 5.41) is 0. The van der Waals surface area contributed by atoms with Crippen LogP contribution in [0.3, 0.4) is 0 Å². The van der Waals surface area contributed by atoms with E-state index in [0.717, 1.165) is 15.6 Å². The fourth-order valence-corrected chi connectivity index (χ4v) is 1.85. The Balaban J connectivity index is 1.95. The van der Waals surface area contributed by atoms with Gasteiger partial charge in [-0.1, -0.05) is 40.2 Å². The number of rotatable bonds is 4. The summed E-state index contributed by atoms with van der Waals surface area (Å²) in [6.45, 7) is 0.735. The molecule has 0 spiro atoms. The second-order valence-corrected chi connectivity index (χ2v) is 5.02. The Kier molecular flexibility index (Phi) is 4.71. The molecule has 0 radical (unpaired) electrons. The number of hydrogen-bond acceptors (Lipinski definition) is 3. The highest BCUT2D eigenvalue weighted by molar-refractivity contribution is 9.10. The highest BCUT2D eigenvalue weighted by Crippen LogP contribution is 2.12. The van der Waals surface area contributed by atoms with Crippen LogP contribution in [0, 0.1) is 0 Å². The third-order valence-corrected chi connectivity index (χ3v) is 3.24. The first-order chi connectivity index (χ1) is 9.19. The van der Waals surface area contributed by atoms with Gasteiger partial charge in [0, 0.05) is 11.0 Å². The molecule has 4 heteroatoms. The molecule has 0 fully saturated rings. The van der Waals surface area contributed by atoms with Crippen LogP contribution in [0.2, 0.25) is 0 Å². The van der Waals surface area contributed by atoms with Crippen LogP contribution in [0.4, 0.5) is 0 Å². The second-order valence-electron chi connectivity index (χ2n) is 4.10. The Morgan fingerprint density at radius 3 is 2.16 bits per heavy atom. The quantitative estimate of drug-likeness (QED) is 0.880. The van der Waals surface area contributed by atoms with E-state index in [1.54, 1.807) is 12.1 Å². The molecule has 0 amide bonds. The molecule has 0 saturated heterocycles. The minimum absolute atomic E-state index is 0.269. The fourth-order valence-electron chi connectivity index (χ4n) is 1.59. The van der Waals surface area contributed by atoms with Crippen molar-refractivity contribution in [1.82, 2.24) is 0 Å². The zero-order valence-electron chi connectivity index (χ0n) is 10.3. The lowest BCUT2D eigenvalue weighted by molar-refractivity contribution is 0.0472. The van der Waals surface area contributed by atoms with Crippen LogP contribution >= 0.6 is 15.9 Å². The Bertz CT molecular complexity index is 549. The molecule has 0 atom stereocenters. The standard InChI is InChI=1S/C15H14BrNO2/c16-14-7-3-12(4-8-14)10-19-15(18)13-5-1-11(9-17)2-6-13/h1-8H,9-10,17H2. The normalized spacial score (nSPS) is 10.2. The lowest BCUT2D eigenvalue weighted by Gasteiger charge is -2.05. The van der Waals surface area contributed by atoms with Gasteiger partial charge in [-0.05, 0) is 35.4 Å². The van der Waals surface area contributed by atoms with Gasteiger partial charge in [-0.2, -0.15) is 0 Å². The smallest absolute Gasteiger partial charge is 0.338 e. The Morgan fingerprint density at radius 1 is 1.00 bits per heavy atom. The van der Waals surface area contributed by atoms with E-state index in [4.69, 9.17) is 10.5 Å². The first-order valence-electron chi connectivity index (χ1n) is 5.89. The number of benzene rings is 2. The van der Waals surface area contributed by atoms with Gasteiger partial charge in [0.05, 0.1) is 5.56 Å². The summed E-state index contributed by atoms with van der Waals surface area (Å²) >= 11 is 3.36. The van der Waals surface area contributed by atoms with Crippen LogP contribution in [-0.2, 0) is 17.9 Å². The first-order valence-corrected chi connectivity index (χ1v) is 6.69. The van der Waals surface area contributed by atoms with Gasteiger partial charge in [-0.15, -0.1) is 0 Å². The van der Waals surface area contributed by atoms with Crippen molar-refractivity contribution in [3.8, 4) is 0 Å². The van der Waals surface area contributed by atoms with Gasteiger partial charge in [0.1, 0.15) is 6.61 Å². The molecule has 2 rings (SSSR count). The molecule has 3 nitrogen and oxygen atoms in total. The number of hydrogen-bond donors (Lipinski definition) is 1. The molecule has 0 aliphatic heterocycles. The van der Waals surface area contributed by atoms with Crippen molar-refractivity contribution in [2.45, 2.75) is 13.2 Å². The summed E-state index contributed by atoms with van der Waals surface area (Å²) in [5.41, 5.74) is 7.98. The van der Waals surface area contributed by atoms with E-state index in [-0.39, 0.29) is 12.6 Å². The molecule has 0 unspecified atom stereocenters. The molecule has 0 aliphatic rings. The number of halogens is 1. The second kappa shape index (κ2) is 6.50. The van der Waals surface area contributed by atoms with Crippen molar-refractivity contribution in [3.63, 3.8) is 0 Å². The molecular weight excluding hydrogens is 306 g/mol. The minimum Gasteiger partial charge on any atom is -0.457 e. The molecule has 2 N–H and O–H groups in total. The summed E-state index contributed by atoms with van der Waals surface area (Å²) < 4.78 is 6.24. The van der Waals surface area contributed by atoms with Crippen LogP contribution in [0.1, 0.15) is 21.5 Å². The lowest BCUT2D eigenvalue weighted by Crippen LogP contribution is -2.05. The molecule has 0 bridgehead atoms. The molecule has 0 aromatic heterocycles. The number of ether oxygens (including phenoxy) is 1. The largest absolute Gasteiger partial charge is 0.457 e. The monoisotopic (exact) mass is 319 g/mol. The Morgan fingerprint density at radius 2 is 1.58 bits per heavy atom. The van der Waals surface area contributed by atoms with Crippen LogP contribution in [0.25, 0.3) is 0 Å². The summed E-state index contributed by atoms with van der Waals surface area (Å²) in [5.74, 6) is -0.327. The third-order valence-electron chi connectivity index (χ3n) is 2.71. The zero-order chi connectivity index (χ0) is 13.7. The first kappa shape index (κ1) is 13.8. The van der Waals surface area contributed by atoms with Crippen molar-refractivity contribution in [3.05, 3.63) is 69.7 Å². The van der Waals surface area contributed by atoms with E-state index in [0.29, 0.717) is 12.1 Å². The van der Waals surface area contributed by atoms with Gasteiger partial charge < -0.3 is 10.5 Å². The Labute approximate surface area is 120 Å². The summed E-state index contributed by atoms with van der Waals surface area (Å²) in [6.07, 6.45) is 0. The molecule has 0 saturated carbocycles. The van der Waals surface area contributed by atoms with E-state index in [2.05, 4.69) is 15.9 Å². The van der Waals surface area contributed by atoms with Gasteiger partial charge in [0.15, 0.2) is 0 Å². The van der Waals surface area contributed by atoms with Crippen molar-refractivity contribution in [1.29, 1.82) is 0 Å². The fraction of sp³-hybridized carbons (Fsp3) is 0.133. The van der Waals surface area contributed by atoms with E-state index in [9.17, 15) is 4.79 Å². The van der Waals surface area contributed by atoms with Crippen molar-refractivity contribution in [2.24, 2.45) is 5.73 Å². The number of nitrogens with two attached hydrogens (primary N) is 1. The van der Waals surface area contributed by atoms with E-state index in [1.807, 2.05) is 36.4 Å². The Hall–Kier alpha value is -1.65. The van der Waals surface area contributed by atoms with E-state index < -0.39 is 0 Å². The van der Waals surface area contributed by atoms with Gasteiger partial charge in [-0.25, -0.2) is 4.79 Å². The number of esters is 1. The van der Waals surface area contributed by atoms with E-state index >= 15 is 0 Å². The third kappa shape index (κ3) is 3.91. The highest BCUT2D eigenvalue weighted by Gasteiger charge is 2.07. The molecule has 2 aromatic carbocycles. The van der Waals surface area contributed by atoms with E-state index in [1.165, 1.54) is 0 Å². The summed E-state index contributed by atoms with van der Waals surface area (Å²) in [6, 6.07) is 14.8. The van der Waals surface area contributed by atoms with Crippen LogP contribution in [0.15, 0.2) is 53.0 Å². The zero-order valence-corrected chi connectivity index (χ0v) is 11.9. The molecular formula is C15H14BrNO2. The number of carbonyl (C=O) groups is 1. The van der Waals surface area contributed by atoms with Gasteiger partial charge in [0.25, 0.3) is 0 Å². The van der Waals surface area contributed by atoms with Crippen molar-refractivity contribution < 1.29 is 9.53 Å². The molecule has 2 aromatic rings. The van der Waals surface area contributed by atoms with Crippen molar-refractivity contribution >= 4 is 21.9 Å². The van der Waals surface area contributed by atoms with Crippen molar-refractivity contribution in [2.75, 3.05) is 0 Å². The van der Waals surface area contributed by atoms with Crippen LogP contribution in [-0.4, -0.2) is 5.97 Å². The molecule has 98 valence electrons. The molecule has 19 heavy (non-hydrogen) atoms. The maximum atomic E-state index is 11.8. The van der Waals surface area contributed by atoms with Crippen LogP contribution in [0.5, 0.6) is 0 Å².